The molecule has 0 saturated carbocycles. The topological polar surface area (TPSA) is 117 Å². The number of pyridine rings is 1. The number of carbonyl (C=O) groups excluding carboxylic acids is 1. The molecule has 0 aliphatic rings. The van der Waals surface area contributed by atoms with Crippen LogP contribution in [0, 0.1) is 13.8 Å². The van der Waals surface area contributed by atoms with Crippen LogP contribution >= 0.6 is 0 Å². The summed E-state index contributed by atoms with van der Waals surface area (Å²) in [6.45, 7) is 4.48. The first kappa shape index (κ1) is 16.6. The van der Waals surface area contributed by atoms with Gasteiger partial charge in [0.15, 0.2) is 11.4 Å². The number of aromatic nitrogens is 3. The Bertz CT molecular complexity index is 734. The smallest absolute Gasteiger partial charge is 0.337 e. The van der Waals surface area contributed by atoms with E-state index in [0.29, 0.717) is 5.82 Å². The Hall–Kier alpha value is -2.74. The summed E-state index contributed by atoms with van der Waals surface area (Å²) in [5.41, 5.74) is 0.0235. The molecule has 23 heavy (non-hydrogen) atoms. The van der Waals surface area contributed by atoms with E-state index in [9.17, 15) is 14.7 Å². The largest absolute Gasteiger partial charge is 0.479 e. The van der Waals surface area contributed by atoms with Gasteiger partial charge in [-0.1, -0.05) is 0 Å². The summed E-state index contributed by atoms with van der Waals surface area (Å²) >= 11 is 0. The molecule has 0 aromatic carbocycles. The average molecular weight is 318 g/mol. The molecule has 8 heteroatoms. The number of carboxylic acid groups (broad SMARTS) is 1. The molecule has 1 amide bonds. The Balaban J connectivity index is 2.09. The van der Waals surface area contributed by atoms with Crippen molar-refractivity contribution in [3.05, 3.63) is 41.3 Å². The zero-order chi connectivity index (χ0) is 17.2. The quantitative estimate of drug-likeness (QED) is 0.737. The van der Waals surface area contributed by atoms with Crippen LogP contribution in [-0.4, -0.2) is 49.0 Å². The Morgan fingerprint density at radius 2 is 2.04 bits per heavy atom. The van der Waals surface area contributed by atoms with Crippen LogP contribution < -0.4 is 5.32 Å². The maximum absolute atomic E-state index is 12.0. The van der Waals surface area contributed by atoms with E-state index in [2.05, 4.69) is 15.4 Å². The normalized spacial score (nSPS) is 13.4. The molecule has 8 nitrogen and oxygen atoms in total. The lowest BCUT2D eigenvalue weighted by Gasteiger charge is -2.18. The number of aliphatic carboxylic acids is 1. The number of aliphatic hydroxyl groups is 1. The van der Waals surface area contributed by atoms with Crippen LogP contribution in [0.2, 0.25) is 0 Å². The number of carbonyl (C=O) groups is 2. The molecule has 2 aromatic heterocycles. The van der Waals surface area contributed by atoms with Crippen LogP contribution in [0.15, 0.2) is 24.4 Å². The van der Waals surface area contributed by atoms with Gasteiger partial charge >= 0.3 is 5.97 Å². The van der Waals surface area contributed by atoms with E-state index in [4.69, 9.17) is 5.11 Å². The Labute approximate surface area is 132 Å². The molecule has 0 aliphatic carbocycles. The van der Waals surface area contributed by atoms with Crippen LogP contribution in [0.4, 0.5) is 0 Å². The highest BCUT2D eigenvalue weighted by molar-refractivity contribution is 5.94. The minimum absolute atomic E-state index is 0.261. The zero-order valence-corrected chi connectivity index (χ0v) is 13.1. The number of nitrogens with zero attached hydrogens (tertiary/aromatic N) is 3. The number of rotatable bonds is 5. The van der Waals surface area contributed by atoms with Gasteiger partial charge in [0.05, 0.1) is 17.8 Å². The van der Waals surface area contributed by atoms with Gasteiger partial charge in [0.25, 0.3) is 5.91 Å². The van der Waals surface area contributed by atoms with E-state index < -0.39 is 24.0 Å². The van der Waals surface area contributed by atoms with Gasteiger partial charge in [0, 0.05) is 11.9 Å². The number of hydrogen-bond donors (Lipinski definition) is 3. The third kappa shape index (κ3) is 3.72. The molecule has 0 fully saturated rings. The Morgan fingerprint density at radius 1 is 1.35 bits per heavy atom. The molecular weight excluding hydrogens is 300 g/mol. The monoisotopic (exact) mass is 318 g/mol. The fourth-order valence-corrected chi connectivity index (χ4v) is 1.94. The van der Waals surface area contributed by atoms with Gasteiger partial charge in [0.1, 0.15) is 0 Å². The fraction of sp³-hybridized carbons (Fsp3) is 0.333. The molecule has 0 radical (unpaired) electrons. The lowest BCUT2D eigenvalue weighted by Crippen LogP contribution is -2.46. The minimum Gasteiger partial charge on any atom is -0.479 e. The summed E-state index contributed by atoms with van der Waals surface area (Å²) in [6, 6.07) is 5.11. The van der Waals surface area contributed by atoms with Gasteiger partial charge in [-0.15, -0.1) is 0 Å². The molecular formula is C15H18N4O4. The first-order valence-electron chi connectivity index (χ1n) is 6.94. The maximum Gasteiger partial charge on any atom is 0.337 e. The second-order valence-electron chi connectivity index (χ2n) is 5.51. The van der Waals surface area contributed by atoms with E-state index in [1.54, 1.807) is 16.8 Å². The summed E-state index contributed by atoms with van der Waals surface area (Å²) in [4.78, 5) is 26.9. The molecule has 0 spiro atoms. The lowest BCUT2D eigenvalue weighted by atomic mass is 10.1. The molecule has 3 N–H and O–H groups in total. The number of nitrogens with one attached hydrogen (secondary N) is 1. The van der Waals surface area contributed by atoms with Gasteiger partial charge in [-0.2, -0.15) is 5.10 Å². The van der Waals surface area contributed by atoms with E-state index in [1.165, 1.54) is 6.20 Å². The van der Waals surface area contributed by atoms with Gasteiger partial charge in [-0.25, -0.2) is 14.5 Å². The zero-order valence-electron chi connectivity index (χ0n) is 13.1. The van der Waals surface area contributed by atoms with E-state index in [1.807, 2.05) is 19.9 Å². The summed E-state index contributed by atoms with van der Waals surface area (Å²) in [7, 11) is 0. The molecule has 2 heterocycles. The molecule has 1 unspecified atom stereocenters. The Morgan fingerprint density at radius 3 is 2.52 bits per heavy atom. The van der Waals surface area contributed by atoms with Crippen LogP contribution in [-0.2, 0) is 4.79 Å². The predicted molar refractivity (Wildman–Crippen MR) is 81.4 cm³/mol. The van der Waals surface area contributed by atoms with Crippen molar-refractivity contribution in [2.24, 2.45) is 0 Å². The van der Waals surface area contributed by atoms with Crippen LogP contribution in [0.5, 0.6) is 0 Å². The van der Waals surface area contributed by atoms with Crippen LogP contribution in [0.25, 0.3) is 5.82 Å². The standard InChI is InChI=1S/C15H18N4O4/c1-9-6-10(2)19(18-9)12-5-4-11(7-16-12)13(20)17-8-15(3,23)14(21)22/h4-7,23H,8H2,1-3H3,(H,17,20)(H,21,22). The second-order valence-corrected chi connectivity index (χ2v) is 5.51. The summed E-state index contributed by atoms with van der Waals surface area (Å²) in [6.07, 6.45) is 1.37. The van der Waals surface area contributed by atoms with E-state index in [0.717, 1.165) is 18.3 Å². The van der Waals surface area contributed by atoms with Gasteiger partial charge in [0.2, 0.25) is 0 Å². The SMILES string of the molecule is Cc1cc(C)n(-c2ccc(C(=O)NCC(C)(O)C(=O)O)cn2)n1. The number of hydrogen-bond acceptors (Lipinski definition) is 5. The van der Waals surface area contributed by atoms with Gasteiger partial charge in [-0.05, 0) is 39.0 Å². The van der Waals surface area contributed by atoms with Gasteiger partial charge < -0.3 is 15.5 Å². The maximum atomic E-state index is 12.0. The third-order valence-electron chi connectivity index (χ3n) is 3.29. The first-order valence-corrected chi connectivity index (χ1v) is 6.94. The fourth-order valence-electron chi connectivity index (χ4n) is 1.94. The highest BCUT2D eigenvalue weighted by Crippen LogP contribution is 2.10. The first-order chi connectivity index (χ1) is 10.7. The van der Waals surface area contributed by atoms with E-state index >= 15 is 0 Å². The highest BCUT2D eigenvalue weighted by Gasteiger charge is 2.30. The van der Waals surface area contributed by atoms with Crippen molar-refractivity contribution in [2.45, 2.75) is 26.4 Å². The molecule has 0 bridgehead atoms. The average Bonchev–Trinajstić information content (AvgIpc) is 2.83. The van der Waals surface area contributed by atoms with Gasteiger partial charge in [-0.3, -0.25) is 4.79 Å². The van der Waals surface area contributed by atoms with Crippen molar-refractivity contribution >= 4 is 11.9 Å². The minimum atomic E-state index is -2.02. The van der Waals surface area contributed by atoms with Crippen molar-refractivity contribution in [1.82, 2.24) is 20.1 Å². The molecule has 1 atom stereocenters. The second kappa shape index (κ2) is 6.17. The summed E-state index contributed by atoms with van der Waals surface area (Å²) in [5, 5.41) is 25.0. The molecule has 122 valence electrons. The van der Waals surface area contributed by atoms with Crippen LogP contribution in [0.3, 0.4) is 0 Å². The van der Waals surface area contributed by atoms with Crippen molar-refractivity contribution in [3.63, 3.8) is 0 Å². The number of amides is 1. The van der Waals surface area contributed by atoms with Crippen molar-refractivity contribution in [3.8, 4) is 5.82 Å². The molecule has 0 saturated heterocycles. The molecule has 0 aliphatic heterocycles. The summed E-state index contributed by atoms with van der Waals surface area (Å²) < 4.78 is 1.66. The van der Waals surface area contributed by atoms with Crippen molar-refractivity contribution in [1.29, 1.82) is 0 Å². The van der Waals surface area contributed by atoms with Crippen molar-refractivity contribution in [2.75, 3.05) is 6.54 Å². The Kier molecular flexibility index (Phi) is 4.46. The number of carboxylic acids is 1. The van der Waals surface area contributed by atoms with Crippen LogP contribution in [0.1, 0.15) is 28.7 Å². The highest BCUT2D eigenvalue weighted by atomic mass is 16.4. The predicted octanol–water partition coefficient (Wildman–Crippen LogP) is 0.450. The molecule has 2 aromatic rings. The van der Waals surface area contributed by atoms with E-state index in [-0.39, 0.29) is 5.56 Å². The third-order valence-corrected chi connectivity index (χ3v) is 3.29. The number of aryl methyl sites for hydroxylation is 2. The summed E-state index contributed by atoms with van der Waals surface area (Å²) in [5.74, 6) is -1.35. The lowest BCUT2D eigenvalue weighted by molar-refractivity contribution is -0.155. The van der Waals surface area contributed by atoms with Crippen molar-refractivity contribution < 1.29 is 19.8 Å². The molecule has 2 rings (SSSR count).